The van der Waals surface area contributed by atoms with Gasteiger partial charge < -0.3 is 15.2 Å². The number of aryl methyl sites for hydroxylation is 1. The summed E-state index contributed by atoms with van der Waals surface area (Å²) in [5.41, 5.74) is -0.0752. The van der Waals surface area contributed by atoms with Gasteiger partial charge in [0.05, 0.1) is 11.5 Å². The molecule has 2 aromatic heterocycles. The third kappa shape index (κ3) is 2.99. The Labute approximate surface area is 115 Å². The van der Waals surface area contributed by atoms with E-state index in [9.17, 15) is 10.1 Å². The lowest BCUT2D eigenvalue weighted by Gasteiger charge is -2.08. The van der Waals surface area contributed by atoms with Crippen LogP contribution in [0.1, 0.15) is 12.7 Å². The van der Waals surface area contributed by atoms with Crippen LogP contribution in [0.2, 0.25) is 0 Å². The molecule has 20 heavy (non-hydrogen) atoms. The minimum absolute atomic E-state index is 0.0752. The maximum absolute atomic E-state index is 11.0. The first-order valence-corrected chi connectivity index (χ1v) is 6.08. The van der Waals surface area contributed by atoms with Crippen LogP contribution in [0, 0.1) is 10.1 Å². The van der Waals surface area contributed by atoms with Crippen LogP contribution in [-0.4, -0.2) is 31.2 Å². The third-order valence-electron chi connectivity index (χ3n) is 2.65. The molecule has 0 fully saturated rings. The standard InChI is InChI=1S/C11H15N7O2/c1-3-12-9-5-4-8(18(19)20)11(15-9)13-6-10-16-14-7-17(10)2/h4-5,7H,3,6H2,1-2H3,(H2,12,13,15). The van der Waals surface area contributed by atoms with E-state index < -0.39 is 4.92 Å². The van der Waals surface area contributed by atoms with Crippen molar-refractivity contribution in [2.24, 2.45) is 7.05 Å². The molecule has 0 aliphatic carbocycles. The molecule has 0 spiro atoms. The van der Waals surface area contributed by atoms with E-state index in [2.05, 4.69) is 25.8 Å². The average Bonchev–Trinajstić information content (AvgIpc) is 2.82. The van der Waals surface area contributed by atoms with Crippen LogP contribution in [-0.2, 0) is 13.6 Å². The number of anilines is 2. The molecule has 0 aliphatic rings. The van der Waals surface area contributed by atoms with Crippen molar-refractivity contribution in [3.63, 3.8) is 0 Å². The SMILES string of the molecule is CCNc1ccc([N+](=O)[O-])c(NCc2nncn2C)n1. The van der Waals surface area contributed by atoms with E-state index in [1.54, 1.807) is 24.0 Å². The lowest BCUT2D eigenvalue weighted by Crippen LogP contribution is -2.10. The van der Waals surface area contributed by atoms with Gasteiger partial charge in [-0.1, -0.05) is 0 Å². The molecule has 0 radical (unpaired) electrons. The Morgan fingerprint density at radius 1 is 1.40 bits per heavy atom. The summed E-state index contributed by atoms with van der Waals surface area (Å²) in [4.78, 5) is 14.7. The van der Waals surface area contributed by atoms with E-state index in [1.807, 2.05) is 6.92 Å². The predicted octanol–water partition coefficient (Wildman–Crippen LogP) is 1.16. The summed E-state index contributed by atoms with van der Waals surface area (Å²) >= 11 is 0. The molecule has 9 nitrogen and oxygen atoms in total. The first kappa shape index (κ1) is 13.7. The van der Waals surface area contributed by atoms with Gasteiger partial charge in [0.25, 0.3) is 0 Å². The second kappa shape index (κ2) is 5.95. The lowest BCUT2D eigenvalue weighted by atomic mass is 10.3. The van der Waals surface area contributed by atoms with Gasteiger partial charge in [0.2, 0.25) is 5.82 Å². The molecule has 2 aromatic rings. The van der Waals surface area contributed by atoms with Gasteiger partial charge in [-0.05, 0) is 13.0 Å². The first-order valence-electron chi connectivity index (χ1n) is 6.08. The van der Waals surface area contributed by atoms with Gasteiger partial charge in [0.15, 0.2) is 5.82 Å². The van der Waals surface area contributed by atoms with Crippen molar-refractivity contribution in [2.75, 3.05) is 17.2 Å². The van der Waals surface area contributed by atoms with Crippen LogP contribution in [0.4, 0.5) is 17.3 Å². The molecule has 0 bridgehead atoms. The molecule has 9 heteroatoms. The Morgan fingerprint density at radius 3 is 2.80 bits per heavy atom. The van der Waals surface area contributed by atoms with Crippen molar-refractivity contribution in [1.82, 2.24) is 19.7 Å². The summed E-state index contributed by atoms with van der Waals surface area (Å²) in [6.07, 6.45) is 1.56. The highest BCUT2D eigenvalue weighted by Crippen LogP contribution is 2.24. The fraction of sp³-hybridized carbons (Fsp3) is 0.364. The fourth-order valence-corrected chi connectivity index (χ4v) is 1.64. The number of aromatic nitrogens is 4. The molecule has 0 saturated heterocycles. The normalized spacial score (nSPS) is 10.3. The predicted molar refractivity (Wildman–Crippen MR) is 73.4 cm³/mol. The van der Waals surface area contributed by atoms with Gasteiger partial charge in [0, 0.05) is 19.7 Å². The largest absolute Gasteiger partial charge is 0.370 e. The maximum atomic E-state index is 11.0. The van der Waals surface area contributed by atoms with Crippen molar-refractivity contribution < 1.29 is 4.92 Å². The third-order valence-corrected chi connectivity index (χ3v) is 2.65. The summed E-state index contributed by atoms with van der Waals surface area (Å²) in [7, 11) is 1.80. The highest BCUT2D eigenvalue weighted by atomic mass is 16.6. The number of nitrogens with zero attached hydrogens (tertiary/aromatic N) is 5. The molecule has 2 N–H and O–H groups in total. The number of hydrogen-bond donors (Lipinski definition) is 2. The molecule has 0 amide bonds. The zero-order valence-corrected chi connectivity index (χ0v) is 11.2. The summed E-state index contributed by atoms with van der Waals surface area (Å²) in [5, 5.41) is 24.6. The molecule has 0 unspecified atom stereocenters. The van der Waals surface area contributed by atoms with E-state index >= 15 is 0 Å². The minimum atomic E-state index is -0.471. The van der Waals surface area contributed by atoms with E-state index in [4.69, 9.17) is 0 Å². The van der Waals surface area contributed by atoms with Crippen LogP contribution in [0.25, 0.3) is 0 Å². The lowest BCUT2D eigenvalue weighted by molar-refractivity contribution is -0.384. The number of nitrogens with one attached hydrogen (secondary N) is 2. The molecule has 0 atom stereocenters. The van der Waals surface area contributed by atoms with Gasteiger partial charge in [-0.15, -0.1) is 10.2 Å². The van der Waals surface area contributed by atoms with Crippen molar-refractivity contribution in [1.29, 1.82) is 0 Å². The van der Waals surface area contributed by atoms with Gasteiger partial charge in [0.1, 0.15) is 12.1 Å². The van der Waals surface area contributed by atoms with Gasteiger partial charge in [-0.2, -0.15) is 0 Å². The van der Waals surface area contributed by atoms with Crippen molar-refractivity contribution >= 4 is 17.3 Å². The number of rotatable bonds is 6. The second-order valence-electron chi connectivity index (χ2n) is 4.06. The topological polar surface area (TPSA) is 111 Å². The van der Waals surface area contributed by atoms with E-state index in [-0.39, 0.29) is 11.5 Å². The van der Waals surface area contributed by atoms with Crippen LogP contribution in [0.3, 0.4) is 0 Å². The second-order valence-corrected chi connectivity index (χ2v) is 4.06. The molecular weight excluding hydrogens is 262 g/mol. The molecule has 2 rings (SSSR count). The van der Waals surface area contributed by atoms with E-state index in [0.717, 1.165) is 0 Å². The Hall–Kier alpha value is -2.71. The Morgan fingerprint density at radius 2 is 2.20 bits per heavy atom. The highest BCUT2D eigenvalue weighted by molar-refractivity contribution is 5.60. The van der Waals surface area contributed by atoms with Crippen LogP contribution in [0.15, 0.2) is 18.5 Å². The van der Waals surface area contributed by atoms with Crippen LogP contribution >= 0.6 is 0 Å². The number of hydrogen-bond acceptors (Lipinski definition) is 7. The van der Waals surface area contributed by atoms with Crippen LogP contribution in [0.5, 0.6) is 0 Å². The van der Waals surface area contributed by atoms with Crippen molar-refractivity contribution in [3.8, 4) is 0 Å². The van der Waals surface area contributed by atoms with Gasteiger partial charge in [-0.3, -0.25) is 10.1 Å². The van der Waals surface area contributed by atoms with Gasteiger partial charge >= 0.3 is 5.69 Å². The minimum Gasteiger partial charge on any atom is -0.370 e. The monoisotopic (exact) mass is 277 g/mol. The molecule has 0 aliphatic heterocycles. The average molecular weight is 277 g/mol. The van der Waals surface area contributed by atoms with Crippen molar-refractivity contribution in [3.05, 3.63) is 34.4 Å². The number of pyridine rings is 1. The smallest absolute Gasteiger partial charge is 0.311 e. The first-order chi connectivity index (χ1) is 9.61. The summed E-state index contributed by atoms with van der Waals surface area (Å²) in [6.45, 7) is 2.92. The fourth-order valence-electron chi connectivity index (χ4n) is 1.64. The molecular formula is C11H15N7O2. The maximum Gasteiger partial charge on any atom is 0.311 e. The van der Waals surface area contributed by atoms with Crippen LogP contribution < -0.4 is 10.6 Å². The van der Waals surface area contributed by atoms with E-state index in [1.165, 1.54) is 6.07 Å². The zero-order chi connectivity index (χ0) is 14.5. The van der Waals surface area contributed by atoms with Crippen molar-refractivity contribution in [2.45, 2.75) is 13.5 Å². The van der Waals surface area contributed by atoms with E-state index in [0.29, 0.717) is 24.7 Å². The molecule has 0 saturated carbocycles. The molecule has 0 aromatic carbocycles. The highest BCUT2D eigenvalue weighted by Gasteiger charge is 2.16. The quantitative estimate of drug-likeness (QED) is 0.602. The summed E-state index contributed by atoms with van der Waals surface area (Å²) < 4.78 is 1.73. The summed E-state index contributed by atoms with van der Waals surface area (Å²) in [5.74, 6) is 1.45. The number of nitro groups is 1. The molecule has 2 heterocycles. The molecule has 106 valence electrons. The Bertz CT molecular complexity index is 611. The Balaban J connectivity index is 2.21. The van der Waals surface area contributed by atoms with Gasteiger partial charge in [-0.25, -0.2) is 4.98 Å². The zero-order valence-electron chi connectivity index (χ0n) is 11.2. The summed E-state index contributed by atoms with van der Waals surface area (Å²) in [6, 6.07) is 3.00. The Kier molecular flexibility index (Phi) is 4.08.